The van der Waals surface area contributed by atoms with Crippen LogP contribution in [0.3, 0.4) is 0 Å². The maximum absolute atomic E-state index is 12.8. The molecule has 1 fully saturated rings. The molecule has 32 heavy (non-hydrogen) atoms. The van der Waals surface area contributed by atoms with E-state index >= 15 is 0 Å². The number of anilines is 2. The van der Waals surface area contributed by atoms with Gasteiger partial charge in [-0.25, -0.2) is 8.42 Å². The van der Waals surface area contributed by atoms with Crippen LogP contribution in [0.4, 0.5) is 11.4 Å². The Labute approximate surface area is 192 Å². The van der Waals surface area contributed by atoms with Crippen molar-refractivity contribution in [1.29, 1.82) is 0 Å². The van der Waals surface area contributed by atoms with Crippen LogP contribution in [0.5, 0.6) is 0 Å². The van der Waals surface area contributed by atoms with Gasteiger partial charge in [-0.1, -0.05) is 25.1 Å². The molecule has 0 radical (unpaired) electrons. The lowest BCUT2D eigenvalue weighted by Gasteiger charge is -2.33. The summed E-state index contributed by atoms with van der Waals surface area (Å²) in [5.41, 5.74) is 4.60. The number of sulfonamides is 1. The van der Waals surface area contributed by atoms with Gasteiger partial charge in [0.05, 0.1) is 18.0 Å². The first-order chi connectivity index (χ1) is 15.0. The second-order valence-corrected chi connectivity index (χ2v) is 11.1. The zero-order valence-corrected chi connectivity index (χ0v) is 20.6. The van der Waals surface area contributed by atoms with Crippen molar-refractivity contribution in [2.24, 2.45) is 5.92 Å². The van der Waals surface area contributed by atoms with Crippen LogP contribution in [0, 0.1) is 19.8 Å². The molecule has 7 heteroatoms. The van der Waals surface area contributed by atoms with E-state index in [2.05, 4.69) is 29.3 Å². The Morgan fingerprint density at radius 3 is 2.34 bits per heavy atom. The van der Waals surface area contributed by atoms with Crippen LogP contribution in [0.1, 0.15) is 49.4 Å². The Morgan fingerprint density at radius 2 is 1.78 bits per heavy atom. The quantitative estimate of drug-likeness (QED) is 0.677. The largest absolute Gasteiger partial charge is 0.371 e. The molecule has 1 saturated heterocycles. The minimum Gasteiger partial charge on any atom is -0.371 e. The highest BCUT2D eigenvalue weighted by molar-refractivity contribution is 7.92. The predicted molar refractivity (Wildman–Crippen MR) is 132 cm³/mol. The molecule has 2 atom stereocenters. The summed E-state index contributed by atoms with van der Waals surface area (Å²) >= 11 is 0. The minimum atomic E-state index is -3.60. The van der Waals surface area contributed by atoms with Crippen LogP contribution in [0.25, 0.3) is 0 Å². The van der Waals surface area contributed by atoms with Gasteiger partial charge in [-0.05, 0) is 80.5 Å². The SMILES string of the molecule is Cc1cc(C)cc(N(CC(=O)NC(C)c2ccc(N3CCCC(C)C3)cc2)S(C)(=O)=O)c1. The van der Waals surface area contributed by atoms with E-state index in [1.165, 1.54) is 18.5 Å². The molecular formula is C25H35N3O3S. The van der Waals surface area contributed by atoms with E-state index in [4.69, 9.17) is 0 Å². The lowest BCUT2D eigenvalue weighted by Crippen LogP contribution is -2.41. The summed E-state index contributed by atoms with van der Waals surface area (Å²) in [6.07, 6.45) is 3.62. The molecule has 0 saturated carbocycles. The smallest absolute Gasteiger partial charge is 0.241 e. The van der Waals surface area contributed by atoms with Crippen LogP contribution in [0.15, 0.2) is 42.5 Å². The average molecular weight is 458 g/mol. The van der Waals surface area contributed by atoms with Crippen LogP contribution < -0.4 is 14.5 Å². The number of piperidine rings is 1. The van der Waals surface area contributed by atoms with Gasteiger partial charge in [0.2, 0.25) is 15.9 Å². The van der Waals surface area contributed by atoms with Gasteiger partial charge < -0.3 is 10.2 Å². The third-order valence-corrected chi connectivity index (χ3v) is 7.12. The highest BCUT2D eigenvalue weighted by Crippen LogP contribution is 2.25. The number of carbonyl (C=O) groups excluding carboxylic acids is 1. The Kier molecular flexibility index (Phi) is 7.49. The standard InChI is InChI=1S/C25H35N3O3S/c1-18-7-6-12-27(16-18)23-10-8-22(9-11-23)21(4)26-25(29)17-28(32(5,30)31)24-14-19(2)13-20(3)15-24/h8-11,13-15,18,21H,6-7,12,16-17H2,1-5H3,(H,26,29). The Balaban J connectivity index is 1.67. The fraction of sp³-hybridized carbons (Fsp3) is 0.480. The zero-order chi connectivity index (χ0) is 23.5. The number of nitrogens with one attached hydrogen (secondary N) is 1. The molecule has 2 aromatic carbocycles. The van der Waals surface area contributed by atoms with E-state index in [0.717, 1.165) is 40.3 Å². The van der Waals surface area contributed by atoms with Gasteiger partial charge in [0, 0.05) is 18.8 Å². The summed E-state index contributed by atoms with van der Waals surface area (Å²) < 4.78 is 26.0. The van der Waals surface area contributed by atoms with Crippen molar-refractivity contribution < 1.29 is 13.2 Å². The van der Waals surface area contributed by atoms with Crippen LogP contribution in [-0.4, -0.2) is 40.2 Å². The number of hydrogen-bond acceptors (Lipinski definition) is 4. The van der Waals surface area contributed by atoms with Gasteiger partial charge in [-0.15, -0.1) is 0 Å². The molecule has 1 amide bonds. The van der Waals surface area contributed by atoms with Crippen molar-refractivity contribution in [2.75, 3.05) is 35.1 Å². The molecule has 0 spiro atoms. The molecule has 2 aromatic rings. The van der Waals surface area contributed by atoms with E-state index < -0.39 is 10.0 Å². The molecule has 0 aromatic heterocycles. The molecule has 1 heterocycles. The summed E-state index contributed by atoms with van der Waals surface area (Å²) in [5.74, 6) is 0.368. The molecule has 3 rings (SSSR count). The van der Waals surface area contributed by atoms with Crippen molar-refractivity contribution in [3.8, 4) is 0 Å². The molecule has 1 aliphatic heterocycles. The first kappa shape index (κ1) is 24.1. The normalized spacial score (nSPS) is 17.7. The molecule has 174 valence electrons. The number of aryl methyl sites for hydroxylation is 2. The molecule has 1 N–H and O–H groups in total. The number of carbonyl (C=O) groups is 1. The van der Waals surface area contributed by atoms with E-state index in [-0.39, 0.29) is 18.5 Å². The third kappa shape index (κ3) is 6.25. The Bertz CT molecular complexity index is 1030. The molecule has 0 aliphatic carbocycles. The van der Waals surface area contributed by atoms with Crippen molar-refractivity contribution in [2.45, 2.75) is 46.6 Å². The first-order valence-electron chi connectivity index (χ1n) is 11.2. The van der Waals surface area contributed by atoms with E-state index in [0.29, 0.717) is 11.6 Å². The number of rotatable bonds is 7. The maximum Gasteiger partial charge on any atom is 0.241 e. The van der Waals surface area contributed by atoms with Crippen LogP contribution >= 0.6 is 0 Å². The topological polar surface area (TPSA) is 69.7 Å². The lowest BCUT2D eigenvalue weighted by molar-refractivity contribution is -0.120. The number of nitrogens with zero attached hydrogens (tertiary/aromatic N) is 2. The van der Waals surface area contributed by atoms with Gasteiger partial charge in [-0.3, -0.25) is 9.10 Å². The second-order valence-electron chi connectivity index (χ2n) is 9.19. The predicted octanol–water partition coefficient (Wildman–Crippen LogP) is 4.18. The maximum atomic E-state index is 12.8. The first-order valence-corrected chi connectivity index (χ1v) is 13.1. The van der Waals surface area contributed by atoms with Crippen molar-refractivity contribution in [3.05, 3.63) is 59.2 Å². The second kappa shape index (κ2) is 9.94. The van der Waals surface area contributed by atoms with Gasteiger partial charge in [0.25, 0.3) is 0 Å². The van der Waals surface area contributed by atoms with Crippen LogP contribution in [-0.2, 0) is 14.8 Å². The van der Waals surface area contributed by atoms with E-state index in [9.17, 15) is 13.2 Å². The highest BCUT2D eigenvalue weighted by Gasteiger charge is 2.23. The van der Waals surface area contributed by atoms with Gasteiger partial charge in [0.15, 0.2) is 0 Å². The van der Waals surface area contributed by atoms with Crippen molar-refractivity contribution >= 4 is 27.3 Å². The number of amides is 1. The molecule has 0 bridgehead atoms. The summed E-state index contributed by atoms with van der Waals surface area (Å²) in [6.45, 7) is 9.92. The average Bonchev–Trinajstić information content (AvgIpc) is 2.70. The summed E-state index contributed by atoms with van der Waals surface area (Å²) in [7, 11) is -3.60. The fourth-order valence-electron chi connectivity index (χ4n) is 4.39. The zero-order valence-electron chi connectivity index (χ0n) is 19.8. The highest BCUT2D eigenvalue weighted by atomic mass is 32.2. The molecule has 6 nitrogen and oxygen atoms in total. The Morgan fingerprint density at radius 1 is 1.16 bits per heavy atom. The number of benzene rings is 2. The monoisotopic (exact) mass is 457 g/mol. The number of hydrogen-bond donors (Lipinski definition) is 1. The molecular weight excluding hydrogens is 422 g/mol. The van der Waals surface area contributed by atoms with Gasteiger partial charge in [0.1, 0.15) is 6.54 Å². The van der Waals surface area contributed by atoms with Gasteiger partial charge >= 0.3 is 0 Å². The van der Waals surface area contributed by atoms with Crippen molar-refractivity contribution in [1.82, 2.24) is 5.32 Å². The minimum absolute atomic E-state index is 0.225. The molecule has 2 unspecified atom stereocenters. The van der Waals surface area contributed by atoms with E-state index in [1.807, 2.05) is 39.0 Å². The van der Waals surface area contributed by atoms with E-state index in [1.54, 1.807) is 12.1 Å². The molecule has 1 aliphatic rings. The fourth-order valence-corrected chi connectivity index (χ4v) is 5.23. The van der Waals surface area contributed by atoms with Crippen LogP contribution in [0.2, 0.25) is 0 Å². The summed E-state index contributed by atoms with van der Waals surface area (Å²) in [6, 6.07) is 13.6. The summed E-state index contributed by atoms with van der Waals surface area (Å²) in [5, 5.41) is 2.95. The Hall–Kier alpha value is -2.54. The lowest BCUT2D eigenvalue weighted by atomic mass is 9.99. The third-order valence-electron chi connectivity index (χ3n) is 5.97. The van der Waals surface area contributed by atoms with Crippen molar-refractivity contribution in [3.63, 3.8) is 0 Å². The summed E-state index contributed by atoms with van der Waals surface area (Å²) in [4.78, 5) is 15.2. The van der Waals surface area contributed by atoms with Gasteiger partial charge in [-0.2, -0.15) is 0 Å².